The molecule has 2 aromatic heterocycles. The molecule has 6 rings (SSSR count). The van der Waals surface area contributed by atoms with Crippen LogP contribution < -0.4 is 5.32 Å². The van der Waals surface area contributed by atoms with E-state index >= 15 is 0 Å². The third-order valence-electron chi connectivity index (χ3n) is 7.91. The summed E-state index contributed by atoms with van der Waals surface area (Å²) in [6.45, 7) is 3.19. The number of aromatic nitrogens is 3. The van der Waals surface area contributed by atoms with E-state index in [9.17, 15) is 18.0 Å². The number of thiophene rings is 1. The van der Waals surface area contributed by atoms with Crippen LogP contribution in [0.3, 0.4) is 0 Å². The summed E-state index contributed by atoms with van der Waals surface area (Å²) in [5.74, 6) is 0.144. The van der Waals surface area contributed by atoms with Gasteiger partial charge in [-0.3, -0.25) is 9.59 Å². The summed E-state index contributed by atoms with van der Waals surface area (Å²) in [4.78, 5) is 27.5. The van der Waals surface area contributed by atoms with Crippen molar-refractivity contribution in [2.24, 2.45) is 12.1 Å². The quantitative estimate of drug-likeness (QED) is 0.250. The minimum Gasteiger partial charge on any atom is -0.345 e. The number of nitrogens with one attached hydrogen (secondary N) is 1. The lowest BCUT2D eigenvalue weighted by Gasteiger charge is -2.22. The maximum atomic E-state index is 13.5. The van der Waals surface area contributed by atoms with E-state index in [2.05, 4.69) is 27.6 Å². The topological polar surface area (TPSA) is 130 Å². The van der Waals surface area contributed by atoms with Gasteiger partial charge in [0.1, 0.15) is 0 Å². The number of hydrazone groups is 1. The van der Waals surface area contributed by atoms with Crippen LogP contribution in [0.5, 0.6) is 0 Å². The number of carbonyl (C=O) groups excluding carboxylic acids is 2. The van der Waals surface area contributed by atoms with Crippen LogP contribution in [0.15, 0.2) is 81.2 Å². The lowest BCUT2D eigenvalue weighted by molar-refractivity contribution is -0.130. The monoisotopic (exact) mass is 663 g/mol. The second-order valence-corrected chi connectivity index (χ2v) is 14.8. The van der Waals surface area contributed by atoms with Crippen molar-refractivity contribution >= 4 is 50.6 Å². The number of sulfonamides is 1. The molecular formula is C31H33N7O4S3. The molecule has 1 N–H and O–H groups in total. The van der Waals surface area contributed by atoms with Crippen molar-refractivity contribution in [2.75, 3.05) is 18.8 Å². The number of thioether (sulfide) groups is 1. The highest BCUT2D eigenvalue weighted by Gasteiger charge is 2.33. The Morgan fingerprint density at radius 2 is 1.76 bits per heavy atom. The average molecular weight is 664 g/mol. The van der Waals surface area contributed by atoms with Crippen molar-refractivity contribution in [1.29, 1.82) is 0 Å². The molecule has 4 heterocycles. The molecule has 234 valence electrons. The van der Waals surface area contributed by atoms with E-state index in [1.807, 2.05) is 36.6 Å². The van der Waals surface area contributed by atoms with Crippen LogP contribution in [-0.4, -0.2) is 68.9 Å². The van der Waals surface area contributed by atoms with Crippen LogP contribution in [0.1, 0.15) is 57.5 Å². The van der Waals surface area contributed by atoms with Gasteiger partial charge in [0.15, 0.2) is 11.0 Å². The Balaban J connectivity index is 1.07. The Hall–Kier alpha value is -3.85. The zero-order valence-corrected chi connectivity index (χ0v) is 27.4. The fraction of sp³-hybridized carbons (Fsp3) is 0.323. The van der Waals surface area contributed by atoms with Gasteiger partial charge in [-0.2, -0.15) is 9.41 Å². The lowest BCUT2D eigenvalue weighted by Crippen LogP contribution is -2.28. The van der Waals surface area contributed by atoms with Crippen molar-refractivity contribution in [1.82, 2.24) is 29.4 Å². The van der Waals surface area contributed by atoms with Gasteiger partial charge in [-0.1, -0.05) is 47.7 Å². The minimum absolute atomic E-state index is 0.112. The summed E-state index contributed by atoms with van der Waals surface area (Å²) in [5, 5.41) is 20.1. The summed E-state index contributed by atoms with van der Waals surface area (Å²) < 4.78 is 28.8. The number of benzene rings is 2. The molecule has 2 aliphatic rings. The highest BCUT2D eigenvalue weighted by atomic mass is 32.2. The maximum absolute atomic E-state index is 13.5. The first-order valence-electron chi connectivity index (χ1n) is 14.6. The summed E-state index contributed by atoms with van der Waals surface area (Å²) in [7, 11) is -1.76. The highest BCUT2D eigenvalue weighted by Crippen LogP contribution is 2.34. The van der Waals surface area contributed by atoms with Crippen LogP contribution in [-0.2, 0) is 28.4 Å². The Labute approximate surface area is 270 Å². The number of hydrogen-bond acceptors (Lipinski definition) is 9. The first-order chi connectivity index (χ1) is 21.7. The molecule has 2 aromatic carbocycles. The number of aryl methyl sites for hydroxylation is 1. The molecule has 0 radical (unpaired) electrons. The third-order valence-corrected chi connectivity index (χ3v) is 11.7. The number of amides is 2. The zero-order valence-electron chi connectivity index (χ0n) is 24.9. The average Bonchev–Trinajstić information content (AvgIpc) is 3.87. The number of rotatable bonds is 10. The Kier molecular flexibility index (Phi) is 9.17. The van der Waals surface area contributed by atoms with Gasteiger partial charge >= 0.3 is 0 Å². The minimum atomic E-state index is -3.54. The van der Waals surface area contributed by atoms with Gasteiger partial charge < -0.3 is 9.88 Å². The molecule has 1 saturated heterocycles. The summed E-state index contributed by atoms with van der Waals surface area (Å²) in [5.41, 5.74) is 3.43. The van der Waals surface area contributed by atoms with Crippen LogP contribution >= 0.6 is 23.1 Å². The third kappa shape index (κ3) is 6.73. The summed E-state index contributed by atoms with van der Waals surface area (Å²) in [6, 6.07) is 18.0. The van der Waals surface area contributed by atoms with Crippen molar-refractivity contribution in [3.8, 4) is 0 Å². The molecule has 0 aliphatic carbocycles. The molecule has 11 nitrogen and oxygen atoms in total. The number of carbonyl (C=O) groups is 2. The van der Waals surface area contributed by atoms with Crippen LogP contribution in [0.4, 0.5) is 0 Å². The van der Waals surface area contributed by atoms with Crippen molar-refractivity contribution in [2.45, 2.75) is 48.8 Å². The first kappa shape index (κ1) is 31.1. The molecular weight excluding hydrogens is 631 g/mol. The molecule has 2 amide bonds. The normalized spacial score (nSPS) is 17.1. The second kappa shape index (κ2) is 13.3. The second-order valence-electron chi connectivity index (χ2n) is 11.0. The van der Waals surface area contributed by atoms with Gasteiger partial charge in [-0.25, -0.2) is 13.4 Å². The largest absolute Gasteiger partial charge is 0.345 e. The standard InChI is InChI=1S/C31H33N7O4S3/c1-21-7-9-22(10-8-21)26-18-25(27-6-5-17-43-27)35-38(26)29(39)20-44-31-34-33-28(36(31)2)19-32-30(40)23-11-13-24(14-12-23)45(41,42)37-15-3-4-16-37/h5-14,17,26H,3-4,15-16,18-20H2,1-2H3,(H,32,40)/t26-/m1/s1. The molecule has 1 fully saturated rings. The lowest BCUT2D eigenvalue weighted by atomic mass is 10.00. The van der Waals surface area contributed by atoms with E-state index < -0.39 is 10.0 Å². The molecule has 0 bridgehead atoms. The SMILES string of the molecule is Cc1ccc([C@H]2CC(c3cccs3)=NN2C(=O)CSc2nnc(CNC(=O)c3ccc(S(=O)(=O)N4CCCC4)cc3)n2C)cc1. The smallest absolute Gasteiger partial charge is 0.253 e. The molecule has 0 spiro atoms. The Morgan fingerprint density at radius 3 is 2.44 bits per heavy atom. The first-order valence-corrected chi connectivity index (χ1v) is 17.9. The van der Waals surface area contributed by atoms with E-state index in [1.54, 1.807) is 28.0 Å². The van der Waals surface area contributed by atoms with E-state index in [0.29, 0.717) is 36.1 Å². The van der Waals surface area contributed by atoms with Gasteiger partial charge in [0.05, 0.1) is 33.8 Å². The number of hydrogen-bond donors (Lipinski definition) is 1. The Morgan fingerprint density at radius 1 is 1.02 bits per heavy atom. The predicted octanol–water partition coefficient (Wildman–Crippen LogP) is 4.37. The van der Waals surface area contributed by atoms with Crippen molar-refractivity contribution in [3.63, 3.8) is 0 Å². The predicted molar refractivity (Wildman–Crippen MR) is 174 cm³/mol. The van der Waals surface area contributed by atoms with Crippen LogP contribution in [0.2, 0.25) is 0 Å². The van der Waals surface area contributed by atoms with E-state index in [4.69, 9.17) is 5.10 Å². The van der Waals surface area contributed by atoms with Crippen LogP contribution in [0.25, 0.3) is 0 Å². The highest BCUT2D eigenvalue weighted by molar-refractivity contribution is 7.99. The Bertz CT molecular complexity index is 1810. The zero-order chi connectivity index (χ0) is 31.6. The molecule has 1 atom stereocenters. The molecule has 2 aliphatic heterocycles. The van der Waals surface area contributed by atoms with Crippen molar-refractivity contribution in [3.05, 3.63) is 93.4 Å². The van der Waals surface area contributed by atoms with Crippen molar-refractivity contribution < 1.29 is 18.0 Å². The van der Waals surface area contributed by atoms with Gasteiger partial charge in [0, 0.05) is 32.1 Å². The van der Waals surface area contributed by atoms with Gasteiger partial charge in [0.2, 0.25) is 10.0 Å². The van der Waals surface area contributed by atoms with Gasteiger partial charge in [-0.15, -0.1) is 21.5 Å². The van der Waals surface area contributed by atoms with Gasteiger partial charge in [0.25, 0.3) is 11.8 Å². The van der Waals surface area contributed by atoms with E-state index in [1.165, 1.54) is 40.3 Å². The molecule has 14 heteroatoms. The summed E-state index contributed by atoms with van der Waals surface area (Å²) in [6.07, 6.45) is 2.36. The van der Waals surface area contributed by atoms with E-state index in [0.717, 1.165) is 34.6 Å². The fourth-order valence-electron chi connectivity index (χ4n) is 5.31. The maximum Gasteiger partial charge on any atom is 0.253 e. The molecule has 45 heavy (non-hydrogen) atoms. The summed E-state index contributed by atoms with van der Waals surface area (Å²) >= 11 is 2.87. The van der Waals surface area contributed by atoms with Crippen LogP contribution in [0, 0.1) is 6.92 Å². The fourth-order valence-corrected chi connectivity index (χ4v) is 8.33. The molecule has 0 saturated carbocycles. The van der Waals surface area contributed by atoms with E-state index in [-0.39, 0.29) is 35.0 Å². The van der Waals surface area contributed by atoms with Gasteiger partial charge in [-0.05, 0) is 61.0 Å². The molecule has 4 aromatic rings. The number of nitrogens with zero attached hydrogens (tertiary/aromatic N) is 6. The molecule has 0 unspecified atom stereocenters.